The summed E-state index contributed by atoms with van der Waals surface area (Å²) in [5.41, 5.74) is 0. The van der Waals surface area contributed by atoms with Gasteiger partial charge in [-0.1, -0.05) is 13.3 Å². The Morgan fingerprint density at radius 1 is 1.13 bits per heavy atom. The minimum absolute atomic E-state index is 0.0305. The van der Waals surface area contributed by atoms with Gasteiger partial charge in [-0.3, -0.25) is 28.9 Å². The summed E-state index contributed by atoms with van der Waals surface area (Å²) in [5.74, 6) is -0.588. The number of likely N-dealkylation sites (tertiary alicyclic amines) is 1. The van der Waals surface area contributed by atoms with Crippen molar-refractivity contribution in [2.24, 2.45) is 0 Å². The summed E-state index contributed by atoms with van der Waals surface area (Å²) in [6.07, 6.45) is 1.64. The number of thioether (sulfide) groups is 2. The molecule has 3 atom stereocenters. The number of carbonyl (C=O) groups excluding carboxylic acids is 5. The molecule has 3 amide bonds. The first kappa shape index (κ1) is 25.7. The second kappa shape index (κ2) is 11.3. The predicted molar refractivity (Wildman–Crippen MR) is 122 cm³/mol. The Hall–Kier alpha value is -1.59. The number of nitrogens with zero attached hydrogens (tertiary/aromatic N) is 1. The number of nitrogens with one attached hydrogen (secondary N) is 3. The normalized spacial score (nSPS) is 22.0. The summed E-state index contributed by atoms with van der Waals surface area (Å²) in [6.45, 7) is 5.13. The molecule has 1 spiro atoms. The third-order valence-electron chi connectivity index (χ3n) is 5.47. The van der Waals surface area contributed by atoms with E-state index in [0.29, 0.717) is 19.3 Å². The van der Waals surface area contributed by atoms with Crippen molar-refractivity contribution in [2.75, 3.05) is 31.6 Å². The first-order valence-electron chi connectivity index (χ1n) is 10.5. The molecule has 2 rings (SSSR count). The SMILES string of the molecule is CCCC(NC(=O)[C@@H]1CC2(CN1C)SCCS2)C(=O)C(=O)NCC(=O)N[C@@H](C)C(C)=O. The van der Waals surface area contributed by atoms with Crippen LogP contribution in [0.3, 0.4) is 0 Å². The number of amides is 3. The van der Waals surface area contributed by atoms with Gasteiger partial charge in [0.1, 0.15) is 0 Å². The number of Topliss-reactive ketones (excluding diaryl/α,β-unsaturated/α-hetero) is 2. The van der Waals surface area contributed by atoms with Crippen LogP contribution in [0.15, 0.2) is 0 Å². The van der Waals surface area contributed by atoms with E-state index in [1.54, 1.807) is 0 Å². The molecule has 9 nitrogen and oxygen atoms in total. The molecule has 0 radical (unpaired) electrons. The third kappa shape index (κ3) is 6.95. The Bertz CT molecular complexity index is 726. The van der Waals surface area contributed by atoms with Crippen LogP contribution in [0, 0.1) is 0 Å². The Kier molecular flexibility index (Phi) is 9.38. The fraction of sp³-hybridized carbons (Fsp3) is 0.750. The lowest BCUT2D eigenvalue weighted by atomic mass is 10.1. The van der Waals surface area contributed by atoms with Gasteiger partial charge in [-0.15, -0.1) is 23.5 Å². The molecular formula is C20H32N4O5S2. The zero-order chi connectivity index (χ0) is 23.2. The maximum atomic E-state index is 12.9. The van der Waals surface area contributed by atoms with E-state index < -0.39 is 36.2 Å². The molecule has 0 aliphatic carbocycles. The van der Waals surface area contributed by atoms with Crippen LogP contribution in [-0.2, 0) is 24.0 Å². The Labute approximate surface area is 191 Å². The van der Waals surface area contributed by atoms with Crippen molar-refractivity contribution in [3.63, 3.8) is 0 Å². The molecule has 2 saturated heterocycles. The molecule has 0 bridgehead atoms. The van der Waals surface area contributed by atoms with Crippen molar-refractivity contribution < 1.29 is 24.0 Å². The third-order valence-corrected chi connectivity index (χ3v) is 8.90. The van der Waals surface area contributed by atoms with E-state index in [-0.39, 0.29) is 21.8 Å². The first-order valence-corrected chi connectivity index (χ1v) is 12.5. The lowest BCUT2D eigenvalue weighted by Crippen LogP contribution is -2.53. The molecule has 0 aromatic carbocycles. The first-order chi connectivity index (χ1) is 14.6. The molecule has 2 aliphatic rings. The second-order valence-electron chi connectivity index (χ2n) is 8.04. The number of ketones is 2. The van der Waals surface area contributed by atoms with Crippen molar-refractivity contribution in [3.05, 3.63) is 0 Å². The number of rotatable bonds is 10. The molecule has 2 fully saturated rings. The van der Waals surface area contributed by atoms with E-state index in [2.05, 4.69) is 16.0 Å². The smallest absolute Gasteiger partial charge is 0.290 e. The van der Waals surface area contributed by atoms with E-state index in [0.717, 1.165) is 18.1 Å². The van der Waals surface area contributed by atoms with Crippen molar-refractivity contribution in [1.82, 2.24) is 20.9 Å². The molecule has 0 saturated carbocycles. The number of carbonyl (C=O) groups is 5. The molecule has 3 N–H and O–H groups in total. The van der Waals surface area contributed by atoms with Crippen LogP contribution in [0.2, 0.25) is 0 Å². The van der Waals surface area contributed by atoms with Gasteiger partial charge in [0.2, 0.25) is 17.6 Å². The number of hydrogen-bond donors (Lipinski definition) is 3. The minimum atomic E-state index is -0.939. The molecule has 0 aromatic rings. The average Bonchev–Trinajstić information content (AvgIpc) is 3.30. The van der Waals surface area contributed by atoms with E-state index in [4.69, 9.17) is 0 Å². The molecule has 174 valence electrons. The molecule has 1 unspecified atom stereocenters. The Balaban J connectivity index is 1.90. The van der Waals surface area contributed by atoms with Crippen molar-refractivity contribution >= 4 is 52.8 Å². The number of likely N-dealkylation sites (N-methyl/N-ethyl adjacent to an activating group) is 1. The highest BCUT2D eigenvalue weighted by atomic mass is 32.2. The maximum absolute atomic E-state index is 12.9. The maximum Gasteiger partial charge on any atom is 0.290 e. The largest absolute Gasteiger partial charge is 0.345 e. The van der Waals surface area contributed by atoms with Gasteiger partial charge in [-0.25, -0.2) is 0 Å². The van der Waals surface area contributed by atoms with E-state index in [1.807, 2.05) is 42.4 Å². The van der Waals surface area contributed by atoms with Crippen LogP contribution in [-0.4, -0.2) is 88.0 Å². The average molecular weight is 473 g/mol. The molecule has 2 aliphatic heterocycles. The highest BCUT2D eigenvalue weighted by Gasteiger charge is 2.48. The second-order valence-corrected chi connectivity index (χ2v) is 11.3. The number of hydrogen-bond acceptors (Lipinski definition) is 8. The van der Waals surface area contributed by atoms with Gasteiger partial charge in [-0.05, 0) is 33.7 Å². The molecular weight excluding hydrogens is 440 g/mol. The summed E-state index contributed by atoms with van der Waals surface area (Å²) >= 11 is 3.77. The van der Waals surface area contributed by atoms with Crippen molar-refractivity contribution in [2.45, 2.75) is 62.2 Å². The summed E-state index contributed by atoms with van der Waals surface area (Å²) in [5, 5.41) is 7.47. The topological polar surface area (TPSA) is 125 Å². The highest BCUT2D eigenvalue weighted by molar-refractivity contribution is 8.21. The van der Waals surface area contributed by atoms with Gasteiger partial charge in [-0.2, -0.15) is 0 Å². The van der Waals surface area contributed by atoms with Crippen LogP contribution < -0.4 is 16.0 Å². The summed E-state index contributed by atoms with van der Waals surface area (Å²) in [6, 6.07) is -1.95. The van der Waals surface area contributed by atoms with E-state index in [1.165, 1.54) is 13.8 Å². The summed E-state index contributed by atoms with van der Waals surface area (Å²) in [7, 11) is 1.91. The van der Waals surface area contributed by atoms with E-state index >= 15 is 0 Å². The van der Waals surface area contributed by atoms with Crippen LogP contribution in [0.5, 0.6) is 0 Å². The van der Waals surface area contributed by atoms with Crippen LogP contribution >= 0.6 is 23.5 Å². The van der Waals surface area contributed by atoms with Gasteiger partial charge in [0.25, 0.3) is 5.91 Å². The van der Waals surface area contributed by atoms with Crippen LogP contribution in [0.25, 0.3) is 0 Å². The standard InChI is InChI=1S/C20H32N4O5S2/c1-5-6-14(17(27)19(29)21-10-16(26)22-12(2)13(3)25)23-18(28)15-9-20(11-24(15)4)30-7-8-31-20/h12,14-15H,5-11H2,1-4H3,(H,21,29)(H,22,26)(H,23,28)/t12-,14?,15-/m0/s1. The Morgan fingerprint density at radius 2 is 1.77 bits per heavy atom. The minimum Gasteiger partial charge on any atom is -0.345 e. The van der Waals surface area contributed by atoms with Gasteiger partial charge in [0, 0.05) is 18.1 Å². The van der Waals surface area contributed by atoms with Crippen LogP contribution in [0.4, 0.5) is 0 Å². The van der Waals surface area contributed by atoms with Crippen molar-refractivity contribution in [3.8, 4) is 0 Å². The summed E-state index contributed by atoms with van der Waals surface area (Å²) in [4.78, 5) is 62.8. The fourth-order valence-electron chi connectivity index (χ4n) is 3.63. The van der Waals surface area contributed by atoms with Gasteiger partial charge < -0.3 is 16.0 Å². The van der Waals surface area contributed by atoms with Gasteiger partial charge in [0.05, 0.1) is 28.7 Å². The zero-order valence-corrected chi connectivity index (χ0v) is 20.1. The molecule has 11 heteroatoms. The quantitative estimate of drug-likeness (QED) is 0.378. The lowest BCUT2D eigenvalue weighted by Gasteiger charge is -2.22. The predicted octanol–water partition coefficient (Wildman–Crippen LogP) is -0.0693. The molecule has 2 heterocycles. The molecule has 0 aromatic heterocycles. The van der Waals surface area contributed by atoms with Crippen molar-refractivity contribution in [1.29, 1.82) is 0 Å². The lowest BCUT2D eigenvalue weighted by molar-refractivity contribution is -0.141. The van der Waals surface area contributed by atoms with Gasteiger partial charge >= 0.3 is 0 Å². The van der Waals surface area contributed by atoms with E-state index in [9.17, 15) is 24.0 Å². The fourth-order valence-corrected chi connectivity index (χ4v) is 7.01. The monoisotopic (exact) mass is 472 g/mol. The zero-order valence-electron chi connectivity index (χ0n) is 18.5. The van der Waals surface area contributed by atoms with Crippen LogP contribution in [0.1, 0.15) is 40.0 Å². The Morgan fingerprint density at radius 3 is 2.35 bits per heavy atom. The summed E-state index contributed by atoms with van der Waals surface area (Å²) < 4.78 is 0.0305. The highest BCUT2D eigenvalue weighted by Crippen LogP contribution is 2.51. The van der Waals surface area contributed by atoms with Gasteiger partial charge in [0.15, 0.2) is 5.78 Å². The molecule has 31 heavy (non-hydrogen) atoms.